The molecule has 4 amide bonds. The van der Waals surface area contributed by atoms with E-state index in [0.29, 0.717) is 37.2 Å². The molecule has 42 heavy (non-hydrogen) atoms. The number of amides is 4. The second kappa shape index (κ2) is 13.5. The van der Waals surface area contributed by atoms with Crippen molar-refractivity contribution in [3.8, 4) is 0 Å². The number of para-hydroxylation sites is 1. The van der Waals surface area contributed by atoms with Crippen LogP contribution in [-0.2, 0) is 36.9 Å². The van der Waals surface area contributed by atoms with E-state index in [9.17, 15) is 29.1 Å². The molecular formula is C28H38N8O6. The third-order valence-corrected chi connectivity index (χ3v) is 8.31. The highest BCUT2D eigenvalue weighted by Gasteiger charge is 2.40. The van der Waals surface area contributed by atoms with Crippen molar-refractivity contribution in [1.29, 1.82) is 0 Å². The van der Waals surface area contributed by atoms with Crippen LogP contribution in [0.5, 0.6) is 0 Å². The summed E-state index contributed by atoms with van der Waals surface area (Å²) in [6.07, 6.45) is 3.89. The number of aromatic amines is 1. The minimum absolute atomic E-state index is 0.0314. The Balaban J connectivity index is 1.40. The van der Waals surface area contributed by atoms with Gasteiger partial charge < -0.3 is 21.1 Å². The number of H-pyrrole nitrogens is 1. The third-order valence-electron chi connectivity index (χ3n) is 8.31. The predicted octanol–water partition coefficient (Wildman–Crippen LogP) is 0.846. The Morgan fingerprint density at radius 3 is 2.52 bits per heavy atom. The molecule has 1 aromatic carbocycles. The molecule has 14 nitrogen and oxygen atoms in total. The van der Waals surface area contributed by atoms with Crippen molar-refractivity contribution in [1.82, 2.24) is 36.6 Å². The van der Waals surface area contributed by atoms with Crippen LogP contribution in [0.15, 0.2) is 24.3 Å². The SMILES string of the molecule is CCC(C)C(NC(=O)CC1(CC(=O)O)CCCC1)C(=O)NCC(=O)N1c2ccccc2C[C@H]1C(=O)NCc1nn[nH]n1. The van der Waals surface area contributed by atoms with Gasteiger partial charge in [-0.05, 0) is 35.8 Å². The zero-order chi connectivity index (χ0) is 30.3. The van der Waals surface area contributed by atoms with Gasteiger partial charge in [-0.15, -0.1) is 10.2 Å². The topological polar surface area (TPSA) is 199 Å². The number of rotatable bonds is 13. The van der Waals surface area contributed by atoms with Crippen molar-refractivity contribution in [2.45, 2.75) is 83.8 Å². The summed E-state index contributed by atoms with van der Waals surface area (Å²) in [5.74, 6) is -2.66. The lowest BCUT2D eigenvalue weighted by Gasteiger charge is -2.29. The summed E-state index contributed by atoms with van der Waals surface area (Å²) < 4.78 is 0. The Labute approximate surface area is 243 Å². The van der Waals surface area contributed by atoms with Crippen LogP contribution in [0.25, 0.3) is 0 Å². The Bertz CT molecular complexity index is 1290. The number of carbonyl (C=O) groups is 5. The number of nitrogens with zero attached hydrogens (tertiary/aromatic N) is 4. The van der Waals surface area contributed by atoms with Gasteiger partial charge in [-0.3, -0.25) is 28.9 Å². The van der Waals surface area contributed by atoms with Gasteiger partial charge in [0.05, 0.1) is 19.5 Å². The standard InChI is InChI=1S/C28H38N8O6/c1-3-17(2)25(31-22(37)13-28(14-24(39)40)10-6-7-11-28)27(42)30-16-23(38)36-19-9-5-4-8-18(19)12-20(36)26(41)29-15-21-32-34-35-33-21/h4-5,8-9,17,20,25H,3,6-7,10-16H2,1-2H3,(H,29,41)(H,30,42)(H,31,37)(H,39,40)(H,32,33,34,35)/t17?,20-,25?/m0/s1. The van der Waals surface area contributed by atoms with Gasteiger partial charge in [-0.25, -0.2) is 0 Å². The van der Waals surface area contributed by atoms with Gasteiger partial charge in [-0.1, -0.05) is 56.5 Å². The molecule has 1 fully saturated rings. The number of aliphatic carboxylic acids is 1. The molecule has 2 heterocycles. The molecule has 5 N–H and O–H groups in total. The maximum Gasteiger partial charge on any atom is 0.303 e. The maximum absolute atomic E-state index is 13.5. The molecule has 3 atom stereocenters. The third kappa shape index (κ3) is 7.28. The van der Waals surface area contributed by atoms with Gasteiger partial charge in [-0.2, -0.15) is 5.21 Å². The van der Waals surface area contributed by atoms with E-state index in [1.54, 1.807) is 12.1 Å². The molecule has 0 bridgehead atoms. The normalized spacial score (nSPS) is 18.5. The number of carbonyl (C=O) groups excluding carboxylic acids is 4. The summed E-state index contributed by atoms with van der Waals surface area (Å²) in [5, 5.41) is 31.0. The lowest BCUT2D eigenvalue weighted by molar-refractivity contribution is -0.141. The van der Waals surface area contributed by atoms with E-state index in [1.807, 2.05) is 26.0 Å². The first-order chi connectivity index (χ1) is 20.1. The van der Waals surface area contributed by atoms with Crippen molar-refractivity contribution < 1.29 is 29.1 Å². The summed E-state index contributed by atoms with van der Waals surface area (Å²) in [5.41, 5.74) is 0.803. The summed E-state index contributed by atoms with van der Waals surface area (Å²) in [6, 6.07) is 5.46. The fourth-order valence-electron chi connectivity index (χ4n) is 5.93. The average Bonchev–Trinajstić information content (AvgIpc) is 3.72. The van der Waals surface area contributed by atoms with Gasteiger partial charge in [0.25, 0.3) is 0 Å². The maximum atomic E-state index is 13.5. The molecule has 1 aromatic heterocycles. The predicted molar refractivity (Wildman–Crippen MR) is 150 cm³/mol. The van der Waals surface area contributed by atoms with E-state index in [-0.39, 0.29) is 37.8 Å². The van der Waals surface area contributed by atoms with Crippen LogP contribution in [0.2, 0.25) is 0 Å². The molecule has 1 saturated carbocycles. The van der Waals surface area contributed by atoms with E-state index >= 15 is 0 Å². The molecule has 226 valence electrons. The Morgan fingerprint density at radius 2 is 1.86 bits per heavy atom. The number of tetrazole rings is 1. The first kappa shape index (κ1) is 30.6. The number of benzene rings is 1. The van der Waals surface area contributed by atoms with Crippen molar-refractivity contribution in [3.63, 3.8) is 0 Å². The van der Waals surface area contributed by atoms with Gasteiger partial charge in [0.15, 0.2) is 5.82 Å². The first-order valence-corrected chi connectivity index (χ1v) is 14.3. The molecule has 0 radical (unpaired) electrons. The van der Waals surface area contributed by atoms with Gasteiger partial charge in [0.2, 0.25) is 23.6 Å². The first-order valence-electron chi connectivity index (χ1n) is 14.3. The van der Waals surface area contributed by atoms with Crippen LogP contribution in [0.4, 0.5) is 5.69 Å². The van der Waals surface area contributed by atoms with Crippen LogP contribution in [0.1, 0.15) is 70.2 Å². The van der Waals surface area contributed by atoms with Crippen LogP contribution in [0.3, 0.4) is 0 Å². The summed E-state index contributed by atoms with van der Waals surface area (Å²) in [4.78, 5) is 65.7. The Hall–Kier alpha value is -4.36. The van der Waals surface area contributed by atoms with Crippen molar-refractivity contribution in [2.75, 3.05) is 11.4 Å². The molecule has 1 aliphatic heterocycles. The van der Waals surface area contributed by atoms with E-state index < -0.39 is 41.2 Å². The molecule has 2 aliphatic rings. The fourth-order valence-corrected chi connectivity index (χ4v) is 5.93. The van der Waals surface area contributed by atoms with Gasteiger partial charge in [0, 0.05) is 18.5 Å². The van der Waals surface area contributed by atoms with Crippen LogP contribution in [-0.4, -0.2) is 74.0 Å². The van der Waals surface area contributed by atoms with E-state index in [4.69, 9.17) is 0 Å². The highest BCUT2D eigenvalue weighted by molar-refractivity contribution is 6.05. The number of aromatic nitrogens is 4. The van der Waals surface area contributed by atoms with Crippen molar-refractivity contribution >= 4 is 35.3 Å². The number of carboxylic acid groups (broad SMARTS) is 1. The molecular weight excluding hydrogens is 544 g/mol. The number of hydrogen-bond acceptors (Lipinski definition) is 8. The highest BCUT2D eigenvalue weighted by atomic mass is 16.4. The summed E-state index contributed by atoms with van der Waals surface area (Å²) in [7, 11) is 0. The second-order valence-corrected chi connectivity index (χ2v) is 11.3. The molecule has 14 heteroatoms. The largest absolute Gasteiger partial charge is 0.481 e. The lowest BCUT2D eigenvalue weighted by atomic mass is 9.79. The minimum Gasteiger partial charge on any atom is -0.481 e. The lowest BCUT2D eigenvalue weighted by Crippen LogP contribution is -2.54. The number of fused-ring (bicyclic) bond motifs is 1. The zero-order valence-electron chi connectivity index (χ0n) is 23.9. The molecule has 0 saturated heterocycles. The molecule has 2 aromatic rings. The smallest absolute Gasteiger partial charge is 0.303 e. The highest BCUT2D eigenvalue weighted by Crippen LogP contribution is 2.44. The van der Waals surface area contributed by atoms with Gasteiger partial charge >= 0.3 is 5.97 Å². The number of anilines is 1. The van der Waals surface area contributed by atoms with E-state index in [2.05, 4.69) is 36.6 Å². The summed E-state index contributed by atoms with van der Waals surface area (Å²) in [6.45, 7) is 3.37. The molecule has 0 spiro atoms. The number of nitrogens with one attached hydrogen (secondary N) is 4. The van der Waals surface area contributed by atoms with Gasteiger partial charge in [0.1, 0.15) is 12.1 Å². The second-order valence-electron chi connectivity index (χ2n) is 11.3. The Kier molecular flexibility index (Phi) is 9.86. The Morgan fingerprint density at radius 1 is 1.12 bits per heavy atom. The number of carboxylic acids is 1. The molecule has 2 unspecified atom stereocenters. The van der Waals surface area contributed by atoms with E-state index in [1.165, 1.54) is 4.90 Å². The molecule has 4 rings (SSSR count). The van der Waals surface area contributed by atoms with Crippen LogP contribution in [0, 0.1) is 11.3 Å². The number of hydrogen-bond donors (Lipinski definition) is 5. The van der Waals surface area contributed by atoms with Crippen molar-refractivity contribution in [3.05, 3.63) is 35.7 Å². The molecule has 1 aliphatic carbocycles. The monoisotopic (exact) mass is 582 g/mol. The minimum atomic E-state index is -0.940. The fraction of sp³-hybridized carbons (Fsp3) is 0.571. The van der Waals surface area contributed by atoms with Crippen LogP contribution >= 0.6 is 0 Å². The summed E-state index contributed by atoms with van der Waals surface area (Å²) >= 11 is 0. The van der Waals surface area contributed by atoms with Crippen molar-refractivity contribution in [2.24, 2.45) is 11.3 Å². The van der Waals surface area contributed by atoms with E-state index in [0.717, 1.165) is 18.4 Å². The zero-order valence-corrected chi connectivity index (χ0v) is 23.9. The van der Waals surface area contributed by atoms with Crippen LogP contribution < -0.4 is 20.9 Å². The average molecular weight is 583 g/mol. The quantitative estimate of drug-likeness (QED) is 0.227.